The molecule has 4 rings (SSSR count). The number of ketones is 1. The van der Waals surface area contributed by atoms with Crippen LogP contribution in [-0.4, -0.2) is 29.1 Å². The number of ether oxygens (including phenoxy) is 1. The quantitative estimate of drug-likeness (QED) is 0.521. The van der Waals surface area contributed by atoms with Gasteiger partial charge in [-0.2, -0.15) is 0 Å². The Morgan fingerprint density at radius 3 is 2.31 bits per heavy atom. The number of esters is 1. The van der Waals surface area contributed by atoms with E-state index in [1.54, 1.807) is 0 Å². The highest BCUT2D eigenvalue weighted by atomic mass is 16.5. The van der Waals surface area contributed by atoms with Gasteiger partial charge in [-0.3, -0.25) is 9.59 Å². The minimum absolute atomic E-state index is 0.0282. The number of aliphatic hydroxyl groups excluding tert-OH is 1. The maximum Gasteiger partial charge on any atom is 0.302 e. The van der Waals surface area contributed by atoms with E-state index < -0.39 is 11.5 Å². The molecule has 4 heteroatoms. The van der Waals surface area contributed by atoms with Crippen molar-refractivity contribution in [2.24, 2.45) is 51.8 Å². The standard InChI is InChI=1S/C25H38O4/c1-12-9-24(8)20-14(3)19(29-16(5)26)17-10-25(20,22(28)13(17)2)11-18(27)21(24)23(6,7)15(12)4/h12,14-15,17-21,27H,2,9-11H2,1,3-8H3/t12-,14-,15-,17+,18-,19-,20-,21+,24-,25-/m0/s1. The van der Waals surface area contributed by atoms with Crippen molar-refractivity contribution in [3.8, 4) is 0 Å². The highest BCUT2D eigenvalue weighted by molar-refractivity contribution is 6.03. The summed E-state index contributed by atoms with van der Waals surface area (Å²) in [6, 6.07) is 0. The van der Waals surface area contributed by atoms with Gasteiger partial charge in [-0.25, -0.2) is 0 Å². The van der Waals surface area contributed by atoms with Gasteiger partial charge in [0.25, 0.3) is 0 Å². The topological polar surface area (TPSA) is 63.6 Å². The number of Topliss-reactive ketones (excluding diaryl/α,β-unsaturated/α-hetero) is 1. The zero-order chi connectivity index (χ0) is 21.7. The SMILES string of the molecule is C=C1C(=O)[C@]23C[C@H]1[C@@H](OC(C)=O)[C@H](C)[C@H]2[C@]1(C)C[C@H](C)[C@H](C)C(C)(C)[C@H]1[C@@H](O)C3. The van der Waals surface area contributed by atoms with Crippen LogP contribution in [-0.2, 0) is 14.3 Å². The van der Waals surface area contributed by atoms with E-state index >= 15 is 0 Å². The molecule has 0 aromatic rings. The second-order valence-electron chi connectivity index (χ2n) is 11.8. The molecule has 1 spiro atoms. The summed E-state index contributed by atoms with van der Waals surface area (Å²) in [4.78, 5) is 25.6. The van der Waals surface area contributed by atoms with Crippen molar-refractivity contribution < 1.29 is 19.4 Å². The second kappa shape index (κ2) is 6.18. The lowest BCUT2D eigenvalue weighted by atomic mass is 9.36. The maximum absolute atomic E-state index is 13.6. The number of carbonyl (C=O) groups is 2. The third-order valence-electron chi connectivity index (χ3n) is 10.1. The number of hydrogen-bond donors (Lipinski definition) is 1. The van der Waals surface area contributed by atoms with Crippen molar-refractivity contribution in [1.82, 2.24) is 0 Å². The molecule has 0 aliphatic heterocycles. The Kier molecular flexibility index (Phi) is 4.50. The lowest BCUT2D eigenvalue weighted by Gasteiger charge is -2.68. The number of hydrogen-bond acceptors (Lipinski definition) is 4. The van der Waals surface area contributed by atoms with E-state index in [1.807, 2.05) is 0 Å². The van der Waals surface area contributed by atoms with Crippen molar-refractivity contribution >= 4 is 11.8 Å². The Morgan fingerprint density at radius 1 is 1.10 bits per heavy atom. The van der Waals surface area contributed by atoms with Gasteiger partial charge < -0.3 is 9.84 Å². The van der Waals surface area contributed by atoms with E-state index in [9.17, 15) is 14.7 Å². The molecule has 4 nitrogen and oxygen atoms in total. The van der Waals surface area contributed by atoms with Crippen LogP contribution in [0.15, 0.2) is 12.2 Å². The monoisotopic (exact) mass is 402 g/mol. The van der Waals surface area contributed by atoms with Crippen LogP contribution in [0.5, 0.6) is 0 Å². The molecule has 0 aromatic heterocycles. The van der Waals surface area contributed by atoms with Gasteiger partial charge in [-0.1, -0.05) is 48.1 Å². The number of aliphatic hydroxyl groups is 1. The maximum atomic E-state index is 13.6. The summed E-state index contributed by atoms with van der Waals surface area (Å²) in [5, 5.41) is 11.5. The molecule has 0 radical (unpaired) electrons. The second-order valence-corrected chi connectivity index (χ2v) is 11.8. The molecule has 4 aliphatic carbocycles. The molecule has 0 saturated heterocycles. The molecule has 0 aromatic carbocycles. The summed E-state index contributed by atoms with van der Waals surface area (Å²) in [7, 11) is 0. The van der Waals surface area contributed by atoms with Crippen LogP contribution in [0.3, 0.4) is 0 Å². The van der Waals surface area contributed by atoms with Gasteiger partial charge in [0.1, 0.15) is 6.10 Å². The molecule has 29 heavy (non-hydrogen) atoms. The highest BCUT2D eigenvalue weighted by Gasteiger charge is 2.73. The average Bonchev–Trinajstić information content (AvgIpc) is 2.78. The number of rotatable bonds is 1. The summed E-state index contributed by atoms with van der Waals surface area (Å²) in [6.07, 6.45) is 1.40. The Hall–Kier alpha value is -1.16. The molecule has 0 unspecified atom stereocenters. The molecule has 162 valence electrons. The minimum Gasteiger partial charge on any atom is -0.462 e. The lowest BCUT2D eigenvalue weighted by molar-refractivity contribution is -0.243. The molecule has 1 N–H and O–H groups in total. The predicted octanol–water partition coefficient (Wildman–Crippen LogP) is 4.40. The van der Waals surface area contributed by atoms with Crippen molar-refractivity contribution in [2.75, 3.05) is 0 Å². The summed E-state index contributed by atoms with van der Waals surface area (Å²) in [5.41, 5.74) is -0.162. The van der Waals surface area contributed by atoms with Crippen molar-refractivity contribution in [2.45, 2.75) is 79.9 Å². The van der Waals surface area contributed by atoms with Gasteiger partial charge in [-0.15, -0.1) is 0 Å². The van der Waals surface area contributed by atoms with Gasteiger partial charge >= 0.3 is 5.97 Å². The summed E-state index contributed by atoms with van der Waals surface area (Å²) >= 11 is 0. The van der Waals surface area contributed by atoms with Crippen LogP contribution in [0.4, 0.5) is 0 Å². The fourth-order valence-corrected chi connectivity index (χ4v) is 9.26. The zero-order valence-corrected chi connectivity index (χ0v) is 19.1. The van der Waals surface area contributed by atoms with Crippen LogP contribution in [0.1, 0.15) is 67.7 Å². The van der Waals surface area contributed by atoms with E-state index in [1.165, 1.54) is 6.92 Å². The van der Waals surface area contributed by atoms with Gasteiger partial charge in [0.2, 0.25) is 0 Å². The van der Waals surface area contributed by atoms with Gasteiger partial charge in [-0.05, 0) is 65.3 Å². The van der Waals surface area contributed by atoms with Gasteiger partial charge in [0.05, 0.1) is 6.10 Å². The molecular weight excluding hydrogens is 364 g/mol. The number of fused-ring (bicyclic) bond motifs is 3. The third-order valence-corrected chi connectivity index (χ3v) is 10.1. The van der Waals surface area contributed by atoms with Crippen molar-refractivity contribution in [3.05, 3.63) is 12.2 Å². The minimum atomic E-state index is -0.557. The molecule has 0 heterocycles. The Labute approximate surface area is 175 Å². The fourth-order valence-electron chi connectivity index (χ4n) is 9.26. The van der Waals surface area contributed by atoms with E-state index in [0.717, 1.165) is 6.42 Å². The Balaban J connectivity index is 1.89. The Morgan fingerprint density at radius 2 is 1.72 bits per heavy atom. The molecule has 2 bridgehead atoms. The van der Waals surface area contributed by atoms with E-state index in [2.05, 4.69) is 48.1 Å². The zero-order valence-electron chi connectivity index (χ0n) is 19.1. The van der Waals surface area contributed by atoms with Crippen LogP contribution >= 0.6 is 0 Å². The smallest absolute Gasteiger partial charge is 0.302 e. The van der Waals surface area contributed by atoms with Crippen molar-refractivity contribution in [3.63, 3.8) is 0 Å². The molecule has 4 fully saturated rings. The first-order chi connectivity index (χ1) is 13.3. The first kappa shape index (κ1) is 21.1. The first-order valence-corrected chi connectivity index (χ1v) is 11.4. The fraction of sp³-hybridized carbons (Fsp3) is 0.840. The van der Waals surface area contributed by atoms with Gasteiger partial charge in [0, 0.05) is 18.3 Å². The molecule has 0 amide bonds. The van der Waals surface area contributed by atoms with Crippen LogP contribution < -0.4 is 0 Å². The number of carbonyl (C=O) groups excluding carboxylic acids is 2. The first-order valence-electron chi connectivity index (χ1n) is 11.4. The molecular formula is C25H38O4. The van der Waals surface area contributed by atoms with E-state index in [-0.39, 0.29) is 52.4 Å². The van der Waals surface area contributed by atoms with E-state index in [4.69, 9.17) is 4.74 Å². The third kappa shape index (κ3) is 2.47. The normalized spacial score (nSPS) is 53.2. The summed E-state index contributed by atoms with van der Waals surface area (Å²) < 4.78 is 5.84. The van der Waals surface area contributed by atoms with E-state index in [0.29, 0.717) is 30.3 Å². The average molecular weight is 403 g/mol. The van der Waals surface area contributed by atoms with Crippen LogP contribution in [0.25, 0.3) is 0 Å². The summed E-state index contributed by atoms with van der Waals surface area (Å²) in [6.45, 7) is 19.3. The lowest BCUT2D eigenvalue weighted by Crippen LogP contribution is -2.67. The van der Waals surface area contributed by atoms with Crippen LogP contribution in [0, 0.1) is 51.8 Å². The highest BCUT2D eigenvalue weighted by Crippen LogP contribution is 2.73. The molecule has 4 saturated carbocycles. The molecule has 4 aliphatic rings. The largest absolute Gasteiger partial charge is 0.462 e. The Bertz CT molecular complexity index is 769. The van der Waals surface area contributed by atoms with Crippen molar-refractivity contribution in [1.29, 1.82) is 0 Å². The predicted molar refractivity (Wildman–Crippen MR) is 112 cm³/mol. The van der Waals surface area contributed by atoms with Crippen LogP contribution in [0.2, 0.25) is 0 Å². The molecule has 10 atom stereocenters. The summed E-state index contributed by atoms with van der Waals surface area (Å²) in [5.74, 6) is 0.998. The van der Waals surface area contributed by atoms with Gasteiger partial charge in [0.15, 0.2) is 5.78 Å².